The van der Waals surface area contributed by atoms with Crippen molar-refractivity contribution in [1.82, 2.24) is 10.2 Å². The Morgan fingerprint density at radius 2 is 2.11 bits per heavy atom. The lowest BCUT2D eigenvalue weighted by molar-refractivity contribution is 0.316. The third-order valence-corrected chi connectivity index (χ3v) is 4.16. The second-order valence-electron chi connectivity index (χ2n) is 5.61. The summed E-state index contributed by atoms with van der Waals surface area (Å²) in [7, 11) is 2.22. The topological polar surface area (TPSA) is 15.3 Å². The minimum absolute atomic E-state index is 0.532. The molecule has 0 aliphatic heterocycles. The standard InChI is InChI=1S/C15H23BrN2/c1-11(2)17-9-12-4-5-13(15(16)8-12)10-18(3)14-6-7-14/h4-5,8,11,14,17H,6-7,9-10H2,1-3H3. The van der Waals surface area contributed by atoms with Gasteiger partial charge >= 0.3 is 0 Å². The summed E-state index contributed by atoms with van der Waals surface area (Å²) in [4.78, 5) is 2.45. The monoisotopic (exact) mass is 310 g/mol. The van der Waals surface area contributed by atoms with Crippen LogP contribution in [-0.4, -0.2) is 24.0 Å². The number of nitrogens with zero attached hydrogens (tertiary/aromatic N) is 1. The fourth-order valence-corrected chi connectivity index (χ4v) is 2.62. The van der Waals surface area contributed by atoms with E-state index in [-0.39, 0.29) is 0 Å². The van der Waals surface area contributed by atoms with Gasteiger partial charge in [0.15, 0.2) is 0 Å². The van der Waals surface area contributed by atoms with Gasteiger partial charge in [0, 0.05) is 29.6 Å². The first-order valence-electron chi connectivity index (χ1n) is 6.77. The van der Waals surface area contributed by atoms with Gasteiger partial charge in [-0.3, -0.25) is 4.90 Å². The second-order valence-corrected chi connectivity index (χ2v) is 6.46. The zero-order valence-electron chi connectivity index (χ0n) is 11.5. The molecule has 0 atom stereocenters. The van der Waals surface area contributed by atoms with Gasteiger partial charge in [-0.05, 0) is 37.1 Å². The summed E-state index contributed by atoms with van der Waals surface area (Å²) >= 11 is 3.70. The molecule has 2 rings (SSSR count). The largest absolute Gasteiger partial charge is 0.310 e. The third kappa shape index (κ3) is 4.08. The molecule has 0 saturated heterocycles. The Hall–Kier alpha value is -0.380. The van der Waals surface area contributed by atoms with Crippen molar-refractivity contribution < 1.29 is 0 Å². The van der Waals surface area contributed by atoms with Crippen molar-refractivity contribution in [2.45, 2.75) is 51.9 Å². The molecular formula is C15H23BrN2. The molecule has 2 nitrogen and oxygen atoms in total. The zero-order valence-corrected chi connectivity index (χ0v) is 13.1. The number of nitrogens with one attached hydrogen (secondary N) is 1. The van der Waals surface area contributed by atoms with Gasteiger partial charge in [-0.15, -0.1) is 0 Å². The van der Waals surface area contributed by atoms with Crippen LogP contribution in [0.2, 0.25) is 0 Å². The number of hydrogen-bond acceptors (Lipinski definition) is 2. The van der Waals surface area contributed by atoms with Crippen molar-refractivity contribution >= 4 is 15.9 Å². The number of rotatable bonds is 6. The average molecular weight is 311 g/mol. The first kappa shape index (κ1) is 14.0. The van der Waals surface area contributed by atoms with Gasteiger partial charge in [-0.1, -0.05) is 41.9 Å². The fraction of sp³-hybridized carbons (Fsp3) is 0.600. The Balaban J connectivity index is 1.95. The lowest BCUT2D eigenvalue weighted by atomic mass is 10.1. The normalized spacial score (nSPS) is 15.7. The number of benzene rings is 1. The van der Waals surface area contributed by atoms with E-state index in [4.69, 9.17) is 0 Å². The molecule has 1 aliphatic rings. The highest BCUT2D eigenvalue weighted by Gasteiger charge is 2.26. The molecule has 1 saturated carbocycles. The van der Waals surface area contributed by atoms with Gasteiger partial charge < -0.3 is 5.32 Å². The van der Waals surface area contributed by atoms with E-state index in [1.807, 2.05) is 0 Å². The Kier molecular flexibility index (Phi) is 4.82. The van der Waals surface area contributed by atoms with Crippen molar-refractivity contribution in [2.24, 2.45) is 0 Å². The molecule has 1 fully saturated rings. The molecule has 0 aromatic heterocycles. The van der Waals surface area contributed by atoms with Crippen molar-refractivity contribution in [3.63, 3.8) is 0 Å². The van der Waals surface area contributed by atoms with Gasteiger partial charge in [0.05, 0.1) is 0 Å². The van der Waals surface area contributed by atoms with Crippen LogP contribution in [0.5, 0.6) is 0 Å². The highest BCUT2D eigenvalue weighted by atomic mass is 79.9. The molecule has 100 valence electrons. The minimum Gasteiger partial charge on any atom is -0.310 e. The lowest BCUT2D eigenvalue weighted by Gasteiger charge is -2.17. The average Bonchev–Trinajstić information content (AvgIpc) is 3.13. The Morgan fingerprint density at radius 1 is 1.39 bits per heavy atom. The van der Waals surface area contributed by atoms with Crippen molar-refractivity contribution in [3.8, 4) is 0 Å². The van der Waals surface area contributed by atoms with Crippen LogP contribution in [0.15, 0.2) is 22.7 Å². The zero-order chi connectivity index (χ0) is 13.1. The van der Waals surface area contributed by atoms with Gasteiger partial charge in [-0.2, -0.15) is 0 Å². The second kappa shape index (κ2) is 6.18. The van der Waals surface area contributed by atoms with Crippen molar-refractivity contribution in [3.05, 3.63) is 33.8 Å². The highest BCUT2D eigenvalue weighted by Crippen LogP contribution is 2.28. The summed E-state index contributed by atoms with van der Waals surface area (Å²) in [5.41, 5.74) is 2.73. The van der Waals surface area contributed by atoms with E-state index in [2.05, 4.69) is 65.2 Å². The van der Waals surface area contributed by atoms with Crippen LogP contribution >= 0.6 is 15.9 Å². The Morgan fingerprint density at radius 3 is 2.67 bits per heavy atom. The van der Waals surface area contributed by atoms with E-state index in [1.54, 1.807) is 0 Å². The van der Waals surface area contributed by atoms with Gasteiger partial charge in [0.2, 0.25) is 0 Å². The molecule has 18 heavy (non-hydrogen) atoms. The Bertz CT molecular complexity index is 399. The van der Waals surface area contributed by atoms with Crippen LogP contribution in [0, 0.1) is 0 Å². The molecule has 1 aliphatic carbocycles. The maximum atomic E-state index is 3.70. The van der Waals surface area contributed by atoms with Crippen LogP contribution in [-0.2, 0) is 13.1 Å². The summed E-state index contributed by atoms with van der Waals surface area (Å²) in [6.45, 7) is 6.33. The highest BCUT2D eigenvalue weighted by molar-refractivity contribution is 9.10. The summed E-state index contributed by atoms with van der Waals surface area (Å²) in [5, 5.41) is 3.45. The minimum atomic E-state index is 0.532. The van der Waals surface area contributed by atoms with Crippen LogP contribution in [0.1, 0.15) is 37.8 Å². The summed E-state index contributed by atoms with van der Waals surface area (Å²) in [6.07, 6.45) is 2.73. The van der Waals surface area contributed by atoms with Crippen molar-refractivity contribution in [2.75, 3.05) is 7.05 Å². The fourth-order valence-electron chi connectivity index (χ4n) is 2.06. The van der Waals surface area contributed by atoms with E-state index < -0.39 is 0 Å². The molecule has 1 N–H and O–H groups in total. The first-order valence-corrected chi connectivity index (χ1v) is 7.56. The van der Waals surface area contributed by atoms with Crippen LogP contribution < -0.4 is 5.32 Å². The molecule has 0 spiro atoms. The summed E-state index contributed by atoms with van der Waals surface area (Å²) in [6, 6.07) is 8.07. The van der Waals surface area contributed by atoms with Crippen LogP contribution in [0.3, 0.4) is 0 Å². The third-order valence-electron chi connectivity index (χ3n) is 3.42. The quantitative estimate of drug-likeness (QED) is 0.864. The van der Waals surface area contributed by atoms with E-state index >= 15 is 0 Å². The predicted octanol–water partition coefficient (Wildman–Crippen LogP) is 3.54. The first-order chi connectivity index (χ1) is 8.56. The number of hydrogen-bond donors (Lipinski definition) is 1. The maximum Gasteiger partial charge on any atom is 0.0244 e. The Labute approximate surface area is 119 Å². The van der Waals surface area contributed by atoms with Crippen LogP contribution in [0.4, 0.5) is 0 Å². The molecule has 3 heteroatoms. The SMILES string of the molecule is CC(C)NCc1ccc(CN(C)C2CC2)c(Br)c1. The smallest absolute Gasteiger partial charge is 0.0244 e. The van der Waals surface area contributed by atoms with E-state index in [0.29, 0.717) is 6.04 Å². The summed E-state index contributed by atoms with van der Waals surface area (Å²) in [5.74, 6) is 0. The van der Waals surface area contributed by atoms with E-state index in [1.165, 1.54) is 28.4 Å². The van der Waals surface area contributed by atoms with Gasteiger partial charge in [-0.25, -0.2) is 0 Å². The molecule has 0 heterocycles. The van der Waals surface area contributed by atoms with Gasteiger partial charge in [0.1, 0.15) is 0 Å². The molecule has 1 aromatic rings. The van der Waals surface area contributed by atoms with Gasteiger partial charge in [0.25, 0.3) is 0 Å². The van der Waals surface area contributed by atoms with E-state index in [0.717, 1.165) is 19.1 Å². The lowest BCUT2D eigenvalue weighted by Crippen LogP contribution is -2.22. The molecular weight excluding hydrogens is 288 g/mol. The molecule has 0 radical (unpaired) electrons. The molecule has 0 unspecified atom stereocenters. The predicted molar refractivity (Wildman–Crippen MR) is 80.6 cm³/mol. The molecule has 0 bridgehead atoms. The molecule has 1 aromatic carbocycles. The maximum absolute atomic E-state index is 3.70. The number of halogens is 1. The van der Waals surface area contributed by atoms with Crippen molar-refractivity contribution in [1.29, 1.82) is 0 Å². The van der Waals surface area contributed by atoms with Crippen LogP contribution in [0.25, 0.3) is 0 Å². The molecule has 0 amide bonds. The summed E-state index contributed by atoms with van der Waals surface area (Å²) < 4.78 is 1.23. The van der Waals surface area contributed by atoms with E-state index in [9.17, 15) is 0 Å².